The lowest BCUT2D eigenvalue weighted by atomic mass is 10.0. The van der Waals surface area contributed by atoms with Crippen LogP contribution in [-0.2, 0) is 4.79 Å². The number of aliphatic hydroxyl groups is 2. The molecular formula is C6H11NO4. The Morgan fingerprint density at radius 2 is 2.00 bits per heavy atom. The van der Waals surface area contributed by atoms with Crippen LogP contribution in [0.15, 0.2) is 0 Å². The fourth-order valence-corrected chi connectivity index (χ4v) is 1.32. The summed E-state index contributed by atoms with van der Waals surface area (Å²) in [6, 6.07) is -0.845. The van der Waals surface area contributed by atoms with Gasteiger partial charge in [0.2, 0.25) is 0 Å². The van der Waals surface area contributed by atoms with E-state index in [0.29, 0.717) is 0 Å². The zero-order chi connectivity index (χ0) is 8.59. The van der Waals surface area contributed by atoms with Gasteiger partial charge in [0.05, 0.1) is 18.1 Å². The molecule has 4 atom stereocenters. The highest BCUT2D eigenvalue weighted by Gasteiger charge is 2.43. The maximum atomic E-state index is 10.4. The first-order valence-electron chi connectivity index (χ1n) is 3.38. The topological polar surface area (TPSA) is 104 Å². The summed E-state index contributed by atoms with van der Waals surface area (Å²) in [6.45, 7) is 0. The molecule has 0 aromatic carbocycles. The van der Waals surface area contributed by atoms with Gasteiger partial charge in [0, 0.05) is 6.04 Å². The summed E-state index contributed by atoms with van der Waals surface area (Å²) in [7, 11) is 0. The van der Waals surface area contributed by atoms with Crippen molar-refractivity contribution in [3.8, 4) is 0 Å². The number of rotatable bonds is 1. The van der Waals surface area contributed by atoms with Gasteiger partial charge < -0.3 is 21.1 Å². The van der Waals surface area contributed by atoms with Gasteiger partial charge >= 0.3 is 5.97 Å². The third kappa shape index (κ3) is 1.35. The predicted molar refractivity (Wildman–Crippen MR) is 35.7 cm³/mol. The van der Waals surface area contributed by atoms with Gasteiger partial charge in [0.25, 0.3) is 0 Å². The van der Waals surface area contributed by atoms with Gasteiger partial charge in [0.15, 0.2) is 0 Å². The van der Waals surface area contributed by atoms with E-state index in [4.69, 9.17) is 21.1 Å². The van der Waals surface area contributed by atoms with Gasteiger partial charge in [-0.2, -0.15) is 0 Å². The molecule has 1 rings (SSSR count). The Bertz CT molecular complexity index is 172. The second-order valence-electron chi connectivity index (χ2n) is 2.82. The van der Waals surface area contributed by atoms with Crippen LogP contribution in [0, 0.1) is 5.92 Å². The molecule has 0 amide bonds. The highest BCUT2D eigenvalue weighted by Crippen LogP contribution is 2.25. The SMILES string of the molecule is N[C@@H]1[C@H](O)[C@H](O)C[C@H]1C(=O)O. The first-order valence-corrected chi connectivity index (χ1v) is 3.38. The van der Waals surface area contributed by atoms with Gasteiger partial charge in [-0.1, -0.05) is 0 Å². The fourth-order valence-electron chi connectivity index (χ4n) is 1.32. The first kappa shape index (κ1) is 8.45. The van der Waals surface area contributed by atoms with E-state index in [-0.39, 0.29) is 6.42 Å². The van der Waals surface area contributed by atoms with Crippen molar-refractivity contribution >= 4 is 5.97 Å². The number of hydrogen-bond donors (Lipinski definition) is 4. The van der Waals surface area contributed by atoms with Crippen LogP contribution in [0.25, 0.3) is 0 Å². The maximum Gasteiger partial charge on any atom is 0.308 e. The average molecular weight is 161 g/mol. The lowest BCUT2D eigenvalue weighted by Gasteiger charge is -2.12. The van der Waals surface area contributed by atoms with E-state index in [2.05, 4.69) is 0 Å². The molecule has 0 unspecified atom stereocenters. The molecular weight excluding hydrogens is 150 g/mol. The van der Waals surface area contributed by atoms with Crippen molar-refractivity contribution in [2.24, 2.45) is 11.7 Å². The van der Waals surface area contributed by atoms with Gasteiger partial charge in [-0.3, -0.25) is 4.79 Å². The second kappa shape index (κ2) is 2.77. The molecule has 5 N–H and O–H groups in total. The molecule has 1 aliphatic carbocycles. The number of carbonyl (C=O) groups is 1. The number of aliphatic hydroxyl groups excluding tert-OH is 2. The highest BCUT2D eigenvalue weighted by atomic mass is 16.4. The summed E-state index contributed by atoms with van der Waals surface area (Å²) in [5, 5.41) is 26.6. The monoisotopic (exact) mass is 161 g/mol. The van der Waals surface area contributed by atoms with E-state index in [1.807, 2.05) is 0 Å². The van der Waals surface area contributed by atoms with E-state index in [9.17, 15) is 4.79 Å². The number of carboxylic acids is 1. The molecule has 0 aromatic heterocycles. The normalized spacial score (nSPS) is 44.3. The number of carboxylic acid groups (broad SMARTS) is 1. The summed E-state index contributed by atoms with van der Waals surface area (Å²) in [6.07, 6.45) is -2.06. The van der Waals surface area contributed by atoms with Crippen molar-refractivity contribution in [1.29, 1.82) is 0 Å². The lowest BCUT2D eigenvalue weighted by molar-refractivity contribution is -0.142. The number of hydrogen-bond acceptors (Lipinski definition) is 4. The summed E-state index contributed by atoms with van der Waals surface area (Å²) < 4.78 is 0. The molecule has 1 aliphatic rings. The Labute approximate surface area is 63.4 Å². The Kier molecular flexibility index (Phi) is 2.12. The van der Waals surface area contributed by atoms with Crippen LogP contribution in [0.2, 0.25) is 0 Å². The Hall–Kier alpha value is -0.650. The summed E-state index contributed by atoms with van der Waals surface area (Å²) >= 11 is 0. The van der Waals surface area contributed by atoms with Crippen LogP contribution in [0.1, 0.15) is 6.42 Å². The number of aliphatic carboxylic acids is 1. The van der Waals surface area contributed by atoms with E-state index >= 15 is 0 Å². The van der Waals surface area contributed by atoms with Crippen LogP contribution >= 0.6 is 0 Å². The third-order valence-electron chi connectivity index (χ3n) is 2.07. The molecule has 1 saturated carbocycles. The molecule has 0 aromatic rings. The van der Waals surface area contributed by atoms with Crippen molar-refractivity contribution in [1.82, 2.24) is 0 Å². The van der Waals surface area contributed by atoms with Crippen molar-refractivity contribution in [3.63, 3.8) is 0 Å². The highest BCUT2D eigenvalue weighted by molar-refractivity contribution is 5.71. The van der Waals surface area contributed by atoms with E-state index in [1.165, 1.54) is 0 Å². The van der Waals surface area contributed by atoms with Gasteiger partial charge in [0.1, 0.15) is 0 Å². The minimum Gasteiger partial charge on any atom is -0.481 e. The molecule has 64 valence electrons. The first-order chi connectivity index (χ1) is 5.04. The molecule has 11 heavy (non-hydrogen) atoms. The second-order valence-corrected chi connectivity index (χ2v) is 2.82. The quantitative estimate of drug-likeness (QED) is 0.361. The third-order valence-corrected chi connectivity index (χ3v) is 2.07. The Morgan fingerprint density at radius 3 is 2.18 bits per heavy atom. The molecule has 0 heterocycles. The molecule has 0 aliphatic heterocycles. The molecule has 0 bridgehead atoms. The van der Waals surface area contributed by atoms with E-state index in [1.54, 1.807) is 0 Å². The van der Waals surface area contributed by atoms with Gasteiger partial charge in [-0.05, 0) is 6.42 Å². The van der Waals surface area contributed by atoms with Crippen molar-refractivity contribution in [3.05, 3.63) is 0 Å². The standard InChI is InChI=1S/C6H11NO4/c7-4-2(6(10)11)1-3(8)5(4)9/h2-5,8-9H,1,7H2,(H,10,11)/t2-,3-,4+,5-/m1/s1. The molecule has 5 heteroatoms. The Morgan fingerprint density at radius 1 is 1.45 bits per heavy atom. The lowest BCUT2D eigenvalue weighted by Crippen LogP contribution is -2.40. The largest absolute Gasteiger partial charge is 0.481 e. The minimum absolute atomic E-state index is 0.0394. The predicted octanol–water partition coefficient (Wildman–Crippen LogP) is -1.86. The molecule has 0 saturated heterocycles. The van der Waals surface area contributed by atoms with Gasteiger partial charge in [-0.15, -0.1) is 0 Å². The van der Waals surface area contributed by atoms with Crippen LogP contribution in [0.4, 0.5) is 0 Å². The van der Waals surface area contributed by atoms with Crippen molar-refractivity contribution in [2.75, 3.05) is 0 Å². The van der Waals surface area contributed by atoms with Gasteiger partial charge in [-0.25, -0.2) is 0 Å². The fraction of sp³-hybridized carbons (Fsp3) is 0.833. The molecule has 0 spiro atoms. The van der Waals surface area contributed by atoms with Crippen LogP contribution in [0.3, 0.4) is 0 Å². The molecule has 0 radical (unpaired) electrons. The molecule has 5 nitrogen and oxygen atoms in total. The summed E-state index contributed by atoms with van der Waals surface area (Å²) in [4.78, 5) is 10.4. The maximum absolute atomic E-state index is 10.4. The number of nitrogens with two attached hydrogens (primary N) is 1. The zero-order valence-electron chi connectivity index (χ0n) is 5.84. The Balaban J connectivity index is 2.67. The van der Waals surface area contributed by atoms with E-state index < -0.39 is 30.1 Å². The average Bonchev–Trinajstić information content (AvgIpc) is 2.17. The van der Waals surface area contributed by atoms with Crippen LogP contribution < -0.4 is 5.73 Å². The summed E-state index contributed by atoms with van der Waals surface area (Å²) in [5.41, 5.74) is 5.32. The summed E-state index contributed by atoms with van der Waals surface area (Å²) in [5.74, 6) is -1.88. The van der Waals surface area contributed by atoms with Crippen LogP contribution in [0.5, 0.6) is 0 Å². The molecule has 1 fully saturated rings. The van der Waals surface area contributed by atoms with Crippen molar-refractivity contribution in [2.45, 2.75) is 24.7 Å². The van der Waals surface area contributed by atoms with E-state index in [0.717, 1.165) is 0 Å². The van der Waals surface area contributed by atoms with Crippen molar-refractivity contribution < 1.29 is 20.1 Å². The minimum atomic E-state index is -1.10. The smallest absolute Gasteiger partial charge is 0.308 e. The van der Waals surface area contributed by atoms with Crippen LogP contribution in [-0.4, -0.2) is 39.5 Å². The zero-order valence-corrected chi connectivity index (χ0v) is 5.84.